The highest BCUT2D eigenvalue weighted by Gasteiger charge is 2.15. The summed E-state index contributed by atoms with van der Waals surface area (Å²) in [6.45, 7) is 8.92. The first-order valence-corrected chi connectivity index (χ1v) is 11.5. The predicted octanol–water partition coefficient (Wildman–Crippen LogP) is 6.32. The molecule has 4 nitrogen and oxygen atoms in total. The second-order valence-electron chi connectivity index (χ2n) is 9.49. The van der Waals surface area contributed by atoms with Crippen molar-refractivity contribution in [1.82, 2.24) is 5.32 Å². The molecule has 0 spiro atoms. The molecule has 0 radical (unpaired) electrons. The minimum atomic E-state index is -0.0889. The van der Waals surface area contributed by atoms with Crippen molar-refractivity contribution in [2.45, 2.75) is 58.6 Å². The van der Waals surface area contributed by atoms with Crippen molar-refractivity contribution in [3.05, 3.63) is 95.1 Å². The molecule has 1 amide bonds. The van der Waals surface area contributed by atoms with E-state index in [9.17, 15) is 4.79 Å². The molecule has 3 aromatic carbocycles. The highest BCUT2D eigenvalue weighted by atomic mass is 16.5. The largest absolute Gasteiger partial charge is 0.496 e. The number of benzene rings is 3. The van der Waals surface area contributed by atoms with E-state index in [1.807, 2.05) is 49.4 Å². The van der Waals surface area contributed by atoms with Crippen LogP contribution in [0.1, 0.15) is 61.2 Å². The molecule has 0 saturated carbocycles. The van der Waals surface area contributed by atoms with E-state index >= 15 is 0 Å². The van der Waals surface area contributed by atoms with E-state index in [2.05, 4.69) is 50.4 Å². The lowest BCUT2D eigenvalue weighted by Gasteiger charge is -2.19. The predicted molar refractivity (Wildman–Crippen MR) is 134 cm³/mol. The lowest BCUT2D eigenvalue weighted by Crippen LogP contribution is -2.33. The third-order valence-electron chi connectivity index (χ3n) is 5.74. The molecule has 1 atom stereocenters. The summed E-state index contributed by atoms with van der Waals surface area (Å²) in [6, 6.07) is 24.0. The number of aryl methyl sites for hydroxylation is 1. The molecule has 0 aromatic heterocycles. The number of hydrogen-bond donors (Lipinski definition) is 1. The van der Waals surface area contributed by atoms with E-state index in [4.69, 9.17) is 9.47 Å². The molecule has 0 aliphatic carbocycles. The van der Waals surface area contributed by atoms with Crippen molar-refractivity contribution in [3.8, 4) is 11.5 Å². The van der Waals surface area contributed by atoms with E-state index in [1.54, 1.807) is 13.2 Å². The van der Waals surface area contributed by atoms with Gasteiger partial charge in [-0.05, 0) is 66.6 Å². The summed E-state index contributed by atoms with van der Waals surface area (Å²) in [7, 11) is 1.63. The van der Waals surface area contributed by atoms with E-state index in [-0.39, 0.29) is 17.4 Å². The normalized spacial score (nSPS) is 12.2. The van der Waals surface area contributed by atoms with Crippen molar-refractivity contribution < 1.29 is 14.3 Å². The highest BCUT2D eigenvalue weighted by Crippen LogP contribution is 2.26. The minimum Gasteiger partial charge on any atom is -0.496 e. The van der Waals surface area contributed by atoms with Gasteiger partial charge in [-0.1, -0.05) is 63.2 Å². The number of methoxy groups -OCH3 is 1. The van der Waals surface area contributed by atoms with Crippen LogP contribution >= 0.6 is 0 Å². The van der Waals surface area contributed by atoms with Crippen LogP contribution in [0.2, 0.25) is 0 Å². The molecular weight excluding hydrogens is 410 g/mol. The zero-order valence-electron chi connectivity index (χ0n) is 20.4. The van der Waals surface area contributed by atoms with Crippen molar-refractivity contribution in [1.29, 1.82) is 0 Å². The molecule has 0 saturated heterocycles. The maximum atomic E-state index is 12.8. The average Bonchev–Trinajstić information content (AvgIpc) is 2.81. The van der Waals surface area contributed by atoms with Gasteiger partial charge in [-0.3, -0.25) is 4.79 Å². The van der Waals surface area contributed by atoms with E-state index < -0.39 is 0 Å². The second-order valence-corrected chi connectivity index (χ2v) is 9.49. The summed E-state index contributed by atoms with van der Waals surface area (Å²) in [5.74, 6) is 1.40. The Labute approximate surface area is 197 Å². The fraction of sp³-hybridized carbons (Fsp3) is 0.345. The lowest BCUT2D eigenvalue weighted by atomic mass is 9.87. The average molecular weight is 446 g/mol. The van der Waals surface area contributed by atoms with Crippen LogP contribution in [0.4, 0.5) is 0 Å². The molecule has 0 bridgehead atoms. The minimum absolute atomic E-state index is 0.0702. The van der Waals surface area contributed by atoms with Crippen LogP contribution in [0.3, 0.4) is 0 Å². The molecule has 0 unspecified atom stereocenters. The van der Waals surface area contributed by atoms with Crippen LogP contribution in [-0.2, 0) is 18.4 Å². The van der Waals surface area contributed by atoms with Gasteiger partial charge in [0.1, 0.15) is 18.1 Å². The number of rotatable bonds is 9. The van der Waals surface area contributed by atoms with Gasteiger partial charge in [0.15, 0.2) is 0 Å². The standard InChI is InChI=1S/C29H35NO3/c1-21(11-12-22-9-7-6-8-10-22)30-28(31)23-13-18-27(32-5)24(19-23)20-33-26-16-14-25(15-17-26)29(2,3)4/h6-10,13-19,21H,11-12,20H2,1-5H3,(H,30,31)/t21-/m1/s1. The maximum absolute atomic E-state index is 12.8. The third kappa shape index (κ3) is 7.11. The quantitative estimate of drug-likeness (QED) is 0.419. The molecule has 3 aromatic rings. The molecule has 0 fully saturated rings. The fourth-order valence-corrected chi connectivity index (χ4v) is 3.65. The molecule has 0 aliphatic rings. The number of ether oxygens (including phenoxy) is 2. The fourth-order valence-electron chi connectivity index (χ4n) is 3.65. The van der Waals surface area contributed by atoms with E-state index in [1.165, 1.54) is 11.1 Å². The Morgan fingerprint density at radius 2 is 1.67 bits per heavy atom. The van der Waals surface area contributed by atoms with Gasteiger partial charge in [-0.15, -0.1) is 0 Å². The number of hydrogen-bond acceptors (Lipinski definition) is 3. The van der Waals surface area contributed by atoms with Gasteiger partial charge >= 0.3 is 0 Å². The topological polar surface area (TPSA) is 47.6 Å². The summed E-state index contributed by atoms with van der Waals surface area (Å²) >= 11 is 0. The molecule has 0 heterocycles. The van der Waals surface area contributed by atoms with Crippen molar-refractivity contribution in [3.63, 3.8) is 0 Å². The van der Waals surface area contributed by atoms with Gasteiger partial charge in [0.2, 0.25) is 0 Å². The Morgan fingerprint density at radius 3 is 2.30 bits per heavy atom. The molecule has 33 heavy (non-hydrogen) atoms. The monoisotopic (exact) mass is 445 g/mol. The number of nitrogens with one attached hydrogen (secondary N) is 1. The molecule has 3 rings (SSSR count). The van der Waals surface area contributed by atoms with Gasteiger partial charge in [0, 0.05) is 17.2 Å². The van der Waals surface area contributed by atoms with Crippen LogP contribution < -0.4 is 14.8 Å². The number of amides is 1. The molecule has 4 heteroatoms. The first-order chi connectivity index (χ1) is 15.8. The van der Waals surface area contributed by atoms with Crippen molar-refractivity contribution in [2.24, 2.45) is 0 Å². The molecule has 1 N–H and O–H groups in total. The lowest BCUT2D eigenvalue weighted by molar-refractivity contribution is 0.0938. The summed E-state index contributed by atoms with van der Waals surface area (Å²) in [5.41, 5.74) is 4.07. The van der Waals surface area contributed by atoms with Gasteiger partial charge in [-0.25, -0.2) is 0 Å². The smallest absolute Gasteiger partial charge is 0.251 e. The van der Waals surface area contributed by atoms with Crippen LogP contribution in [-0.4, -0.2) is 19.1 Å². The Kier molecular flexibility index (Phi) is 8.16. The number of carbonyl (C=O) groups is 1. The second kappa shape index (κ2) is 11.0. The zero-order valence-corrected chi connectivity index (χ0v) is 20.4. The van der Waals surface area contributed by atoms with E-state index in [0.717, 1.165) is 24.2 Å². The summed E-state index contributed by atoms with van der Waals surface area (Å²) < 4.78 is 11.5. The van der Waals surface area contributed by atoms with Crippen molar-refractivity contribution >= 4 is 5.91 Å². The van der Waals surface area contributed by atoms with Crippen LogP contribution in [0.15, 0.2) is 72.8 Å². The summed E-state index contributed by atoms with van der Waals surface area (Å²) in [4.78, 5) is 12.8. The first kappa shape index (κ1) is 24.4. The zero-order chi connectivity index (χ0) is 23.8. The molecular formula is C29H35NO3. The summed E-state index contributed by atoms with van der Waals surface area (Å²) in [6.07, 6.45) is 1.81. The maximum Gasteiger partial charge on any atom is 0.251 e. The first-order valence-electron chi connectivity index (χ1n) is 11.5. The Morgan fingerprint density at radius 1 is 0.970 bits per heavy atom. The number of carbonyl (C=O) groups excluding carboxylic acids is 1. The van der Waals surface area contributed by atoms with Crippen molar-refractivity contribution in [2.75, 3.05) is 7.11 Å². The molecule has 0 aliphatic heterocycles. The van der Waals surface area contributed by atoms with Crippen LogP contribution in [0.25, 0.3) is 0 Å². The molecule has 174 valence electrons. The Bertz CT molecular complexity index is 1040. The van der Waals surface area contributed by atoms with Crippen LogP contribution in [0, 0.1) is 0 Å². The Balaban J connectivity index is 1.61. The summed E-state index contributed by atoms with van der Waals surface area (Å²) in [5, 5.41) is 3.10. The third-order valence-corrected chi connectivity index (χ3v) is 5.74. The van der Waals surface area contributed by atoms with E-state index in [0.29, 0.717) is 17.9 Å². The van der Waals surface area contributed by atoms with Gasteiger partial charge in [-0.2, -0.15) is 0 Å². The van der Waals surface area contributed by atoms with Gasteiger partial charge in [0.05, 0.1) is 7.11 Å². The highest BCUT2D eigenvalue weighted by molar-refractivity contribution is 5.94. The SMILES string of the molecule is COc1ccc(C(=O)N[C@H](C)CCc2ccccc2)cc1COc1ccc(C(C)(C)C)cc1. The Hall–Kier alpha value is -3.27. The van der Waals surface area contributed by atoms with Gasteiger partial charge < -0.3 is 14.8 Å². The van der Waals surface area contributed by atoms with Crippen LogP contribution in [0.5, 0.6) is 11.5 Å². The van der Waals surface area contributed by atoms with Gasteiger partial charge in [0.25, 0.3) is 5.91 Å².